The molecule has 1 aliphatic rings. The molecule has 0 aliphatic carbocycles. The molecular weight excluding hydrogens is 490 g/mol. The van der Waals surface area contributed by atoms with Gasteiger partial charge < -0.3 is 35.2 Å². The number of aromatic amines is 1. The lowest BCUT2D eigenvalue weighted by molar-refractivity contribution is -0.142. The second kappa shape index (κ2) is 11.9. The molecule has 0 radical (unpaired) electrons. The van der Waals surface area contributed by atoms with Crippen molar-refractivity contribution in [3.63, 3.8) is 0 Å². The van der Waals surface area contributed by atoms with E-state index in [0.717, 1.165) is 10.9 Å². The molecule has 2 amide bonds. The minimum atomic E-state index is -0.869. The molecule has 2 aromatic heterocycles. The van der Waals surface area contributed by atoms with Crippen LogP contribution in [-0.4, -0.2) is 82.7 Å². The van der Waals surface area contributed by atoms with Crippen LogP contribution in [0.25, 0.3) is 10.9 Å². The summed E-state index contributed by atoms with van der Waals surface area (Å²) in [4.78, 5) is 58.2. The third-order valence-electron chi connectivity index (χ3n) is 6.49. The number of ketones is 1. The predicted molar refractivity (Wildman–Crippen MR) is 139 cm³/mol. The van der Waals surface area contributed by atoms with Gasteiger partial charge in [-0.15, -0.1) is 0 Å². The molecule has 1 aromatic carbocycles. The van der Waals surface area contributed by atoms with Crippen molar-refractivity contribution in [3.05, 3.63) is 53.9 Å². The molecule has 11 heteroatoms. The zero-order valence-corrected chi connectivity index (χ0v) is 21.3. The van der Waals surface area contributed by atoms with Crippen LogP contribution < -0.4 is 15.4 Å². The average Bonchev–Trinajstić information content (AvgIpc) is 3.68. The number of aromatic hydroxyl groups is 1. The molecule has 200 valence electrons. The van der Waals surface area contributed by atoms with Crippen molar-refractivity contribution >= 4 is 34.8 Å². The Bertz CT molecular complexity index is 1330. The summed E-state index contributed by atoms with van der Waals surface area (Å²) < 4.78 is 5.33. The lowest BCUT2D eigenvalue weighted by Crippen LogP contribution is -2.46. The largest absolute Gasteiger partial charge is 0.496 e. The molecular formula is C27H31N5O6. The number of carbonyl (C=O) groups is 4. The number of amides is 2. The zero-order valence-electron chi connectivity index (χ0n) is 21.3. The van der Waals surface area contributed by atoms with Crippen LogP contribution in [0.15, 0.2) is 42.6 Å². The molecule has 4 N–H and O–H groups in total. The number of Topliss-reactive ketones (excluding diaryl/α,β-unsaturated/α-hetero) is 1. The number of carbonyl (C=O) groups excluding carboxylic acids is 4. The molecule has 0 spiro atoms. The molecule has 1 fully saturated rings. The lowest BCUT2D eigenvalue weighted by Gasteiger charge is -2.22. The summed E-state index contributed by atoms with van der Waals surface area (Å²) in [5.74, 6) is -1.28. The lowest BCUT2D eigenvalue weighted by atomic mass is 9.99. The standard InChI is InChI=1S/C27H31N5O6/c1-16(11-18(15-33)30-26(36)22-13-19-20(31-22)6-3-7-23(19)38-2)14-29-21(24(34)27(37)32-9-10-32)12-17-5-4-8-28-25(17)35/h3-8,13,15-16,18,21,29,31H,9-12,14H2,1-2H3,(H,28,35)(H,30,36)/t16?,18-,21-/m0/s1. The van der Waals surface area contributed by atoms with Crippen molar-refractivity contribution < 1.29 is 29.0 Å². The van der Waals surface area contributed by atoms with E-state index in [1.54, 1.807) is 31.4 Å². The molecule has 1 aliphatic heterocycles. The highest BCUT2D eigenvalue weighted by atomic mass is 16.5. The Labute approximate surface area is 219 Å². The summed E-state index contributed by atoms with van der Waals surface area (Å²) in [6.45, 7) is 3.28. The third-order valence-corrected chi connectivity index (χ3v) is 6.49. The number of H-pyrrole nitrogens is 1. The number of aromatic nitrogens is 2. The van der Waals surface area contributed by atoms with Crippen LogP contribution in [0.2, 0.25) is 0 Å². The number of fused-ring (bicyclic) bond motifs is 1. The third kappa shape index (κ3) is 6.35. The van der Waals surface area contributed by atoms with Crippen molar-refractivity contribution in [2.24, 2.45) is 5.92 Å². The van der Waals surface area contributed by atoms with Crippen LogP contribution in [0.5, 0.6) is 11.6 Å². The maximum absolute atomic E-state index is 12.9. The van der Waals surface area contributed by atoms with Crippen molar-refractivity contribution in [2.75, 3.05) is 26.7 Å². The molecule has 1 saturated heterocycles. The first-order valence-electron chi connectivity index (χ1n) is 12.4. The highest BCUT2D eigenvalue weighted by Crippen LogP contribution is 2.26. The maximum Gasteiger partial charge on any atom is 0.291 e. The van der Waals surface area contributed by atoms with E-state index < -0.39 is 29.7 Å². The first-order chi connectivity index (χ1) is 18.3. The topological polar surface area (TPSA) is 153 Å². The molecule has 0 bridgehead atoms. The molecule has 0 saturated carbocycles. The van der Waals surface area contributed by atoms with E-state index >= 15 is 0 Å². The van der Waals surface area contributed by atoms with Gasteiger partial charge in [-0.25, -0.2) is 4.98 Å². The van der Waals surface area contributed by atoms with Gasteiger partial charge in [0.2, 0.25) is 11.7 Å². The molecule has 4 rings (SSSR count). The monoisotopic (exact) mass is 521 g/mol. The van der Waals surface area contributed by atoms with E-state index in [2.05, 4.69) is 20.6 Å². The molecule has 3 heterocycles. The zero-order chi connectivity index (χ0) is 27.2. The fraction of sp³-hybridized carbons (Fsp3) is 0.370. The number of hydrogen-bond donors (Lipinski definition) is 4. The summed E-state index contributed by atoms with van der Waals surface area (Å²) in [6, 6.07) is 8.77. The fourth-order valence-corrected chi connectivity index (χ4v) is 4.31. The number of aldehydes is 1. The Morgan fingerprint density at radius 2 is 2.03 bits per heavy atom. The van der Waals surface area contributed by atoms with Crippen LogP contribution in [0.4, 0.5) is 0 Å². The average molecular weight is 522 g/mol. The van der Waals surface area contributed by atoms with Gasteiger partial charge in [0, 0.05) is 42.2 Å². The second-order valence-corrected chi connectivity index (χ2v) is 9.47. The normalized spacial score (nSPS) is 14.9. The number of methoxy groups -OCH3 is 1. The van der Waals surface area contributed by atoms with E-state index in [9.17, 15) is 24.3 Å². The first-order valence-corrected chi connectivity index (χ1v) is 12.4. The number of ether oxygens (including phenoxy) is 1. The van der Waals surface area contributed by atoms with Gasteiger partial charge in [-0.05, 0) is 43.1 Å². The van der Waals surface area contributed by atoms with Crippen LogP contribution in [0, 0.1) is 5.92 Å². The quantitative estimate of drug-likeness (QED) is 0.149. The van der Waals surface area contributed by atoms with E-state index in [4.69, 9.17) is 4.74 Å². The first kappa shape index (κ1) is 26.8. The summed E-state index contributed by atoms with van der Waals surface area (Å²) in [5, 5.41) is 16.7. The summed E-state index contributed by atoms with van der Waals surface area (Å²) >= 11 is 0. The number of benzene rings is 1. The van der Waals surface area contributed by atoms with E-state index in [0.29, 0.717) is 49.3 Å². The molecule has 38 heavy (non-hydrogen) atoms. The van der Waals surface area contributed by atoms with Crippen LogP contribution in [-0.2, 0) is 20.8 Å². The maximum atomic E-state index is 12.9. The summed E-state index contributed by atoms with van der Waals surface area (Å²) in [7, 11) is 1.55. The number of hydrogen-bond acceptors (Lipinski definition) is 8. The Morgan fingerprint density at radius 3 is 2.71 bits per heavy atom. The van der Waals surface area contributed by atoms with E-state index in [-0.39, 0.29) is 18.2 Å². The fourth-order valence-electron chi connectivity index (χ4n) is 4.31. The highest BCUT2D eigenvalue weighted by Gasteiger charge is 2.35. The number of rotatable bonds is 13. The Morgan fingerprint density at radius 1 is 1.24 bits per heavy atom. The van der Waals surface area contributed by atoms with Gasteiger partial charge >= 0.3 is 0 Å². The molecule has 11 nitrogen and oxygen atoms in total. The molecule has 1 unspecified atom stereocenters. The SMILES string of the molecule is COc1cccc2[nH]c(C(=O)N[C@H](C=O)CC(C)CN[C@@H](Cc3cccnc3O)C(=O)C(=O)N3CC3)cc12. The van der Waals surface area contributed by atoms with Gasteiger partial charge in [-0.2, -0.15) is 0 Å². The van der Waals surface area contributed by atoms with Crippen LogP contribution >= 0.6 is 0 Å². The number of nitrogens with one attached hydrogen (secondary N) is 3. The van der Waals surface area contributed by atoms with Crippen molar-refractivity contribution in [3.8, 4) is 11.6 Å². The number of nitrogens with zero attached hydrogens (tertiary/aromatic N) is 2. The highest BCUT2D eigenvalue weighted by molar-refractivity contribution is 6.38. The van der Waals surface area contributed by atoms with Gasteiger partial charge in [0.1, 0.15) is 17.7 Å². The van der Waals surface area contributed by atoms with Crippen molar-refractivity contribution in [1.29, 1.82) is 0 Å². The van der Waals surface area contributed by atoms with Crippen molar-refractivity contribution in [1.82, 2.24) is 25.5 Å². The Balaban J connectivity index is 1.37. The summed E-state index contributed by atoms with van der Waals surface area (Å²) in [6.07, 6.45) is 2.51. The minimum Gasteiger partial charge on any atom is -0.496 e. The number of pyridine rings is 1. The van der Waals surface area contributed by atoms with Gasteiger partial charge in [-0.3, -0.25) is 14.4 Å². The van der Waals surface area contributed by atoms with Crippen LogP contribution in [0.1, 0.15) is 29.4 Å². The predicted octanol–water partition coefficient (Wildman–Crippen LogP) is 1.21. The minimum absolute atomic E-state index is 0.0858. The van der Waals surface area contributed by atoms with Gasteiger partial charge in [0.05, 0.1) is 19.2 Å². The van der Waals surface area contributed by atoms with E-state index in [1.807, 2.05) is 19.1 Å². The summed E-state index contributed by atoms with van der Waals surface area (Å²) in [5.41, 5.74) is 1.48. The van der Waals surface area contributed by atoms with Crippen molar-refractivity contribution in [2.45, 2.75) is 31.8 Å². The van der Waals surface area contributed by atoms with Crippen LogP contribution in [0.3, 0.4) is 0 Å². The van der Waals surface area contributed by atoms with Gasteiger partial charge in [-0.1, -0.05) is 19.1 Å². The van der Waals surface area contributed by atoms with Gasteiger partial charge in [0.25, 0.3) is 11.8 Å². The smallest absolute Gasteiger partial charge is 0.291 e. The Kier molecular flexibility index (Phi) is 8.37. The van der Waals surface area contributed by atoms with E-state index in [1.165, 1.54) is 11.1 Å². The molecule has 3 aromatic rings. The van der Waals surface area contributed by atoms with Gasteiger partial charge in [0.15, 0.2) is 0 Å². The molecule has 3 atom stereocenters. The second-order valence-electron chi connectivity index (χ2n) is 9.47. The Hall–Kier alpha value is -4.25.